The Bertz CT molecular complexity index is 531. The van der Waals surface area contributed by atoms with E-state index in [0.29, 0.717) is 24.6 Å². The number of hydrogen-bond acceptors (Lipinski definition) is 4. The molecule has 0 saturated carbocycles. The molecule has 0 fully saturated rings. The Balaban J connectivity index is 1.83. The average molecular weight is 245 g/mol. The summed E-state index contributed by atoms with van der Waals surface area (Å²) in [4.78, 5) is 11.7. The summed E-state index contributed by atoms with van der Waals surface area (Å²) in [6, 6.07) is 7.67. The van der Waals surface area contributed by atoms with E-state index in [1.807, 2.05) is 31.2 Å². The van der Waals surface area contributed by atoms with Gasteiger partial charge in [0.2, 0.25) is 17.7 Å². The van der Waals surface area contributed by atoms with E-state index in [0.717, 1.165) is 11.3 Å². The number of aromatic nitrogens is 2. The van der Waals surface area contributed by atoms with Crippen molar-refractivity contribution in [1.82, 2.24) is 10.2 Å². The highest BCUT2D eigenvalue weighted by molar-refractivity contribution is 5.90. The van der Waals surface area contributed by atoms with Crippen molar-refractivity contribution in [3.05, 3.63) is 41.6 Å². The zero-order valence-corrected chi connectivity index (χ0v) is 10.4. The largest absolute Gasteiger partial charge is 0.426 e. The Morgan fingerprint density at radius 3 is 2.56 bits per heavy atom. The van der Waals surface area contributed by atoms with Crippen LogP contribution in [0.5, 0.6) is 0 Å². The van der Waals surface area contributed by atoms with Crippen molar-refractivity contribution in [2.75, 3.05) is 5.32 Å². The van der Waals surface area contributed by atoms with E-state index in [1.54, 1.807) is 6.92 Å². The smallest absolute Gasteiger partial charge is 0.224 e. The fourth-order valence-corrected chi connectivity index (χ4v) is 1.52. The van der Waals surface area contributed by atoms with E-state index < -0.39 is 0 Å². The zero-order chi connectivity index (χ0) is 13.0. The van der Waals surface area contributed by atoms with E-state index in [2.05, 4.69) is 15.5 Å². The predicted octanol–water partition coefficient (Wildman–Crippen LogP) is 2.26. The van der Waals surface area contributed by atoms with Crippen LogP contribution in [0.25, 0.3) is 0 Å². The van der Waals surface area contributed by atoms with Crippen molar-refractivity contribution in [3.8, 4) is 0 Å². The molecule has 5 nitrogen and oxygen atoms in total. The van der Waals surface area contributed by atoms with Crippen molar-refractivity contribution in [3.63, 3.8) is 0 Å². The molecule has 0 bridgehead atoms. The molecule has 0 aliphatic carbocycles. The first-order valence-electron chi connectivity index (χ1n) is 5.79. The van der Waals surface area contributed by atoms with E-state index in [9.17, 15) is 4.79 Å². The van der Waals surface area contributed by atoms with E-state index >= 15 is 0 Å². The molecule has 0 unspecified atom stereocenters. The maximum atomic E-state index is 11.7. The second kappa shape index (κ2) is 5.44. The number of amides is 1. The van der Waals surface area contributed by atoms with Crippen LogP contribution in [0.4, 0.5) is 5.69 Å². The minimum Gasteiger partial charge on any atom is -0.426 e. The van der Waals surface area contributed by atoms with Gasteiger partial charge in [0.05, 0.1) is 0 Å². The molecule has 2 aromatic rings. The zero-order valence-electron chi connectivity index (χ0n) is 10.4. The first-order valence-corrected chi connectivity index (χ1v) is 5.79. The lowest BCUT2D eigenvalue weighted by atomic mass is 10.2. The lowest BCUT2D eigenvalue weighted by Crippen LogP contribution is -2.12. The van der Waals surface area contributed by atoms with Crippen LogP contribution in [-0.4, -0.2) is 16.1 Å². The molecular formula is C13H15N3O2. The lowest BCUT2D eigenvalue weighted by Gasteiger charge is -2.04. The van der Waals surface area contributed by atoms with Gasteiger partial charge in [-0.1, -0.05) is 17.7 Å². The summed E-state index contributed by atoms with van der Waals surface area (Å²) >= 11 is 0. The molecule has 0 spiro atoms. The highest BCUT2D eigenvalue weighted by Gasteiger charge is 2.07. The number of carbonyl (C=O) groups excluding carboxylic acids is 1. The van der Waals surface area contributed by atoms with Gasteiger partial charge in [-0.25, -0.2) is 0 Å². The summed E-state index contributed by atoms with van der Waals surface area (Å²) in [6.45, 7) is 3.73. The van der Waals surface area contributed by atoms with E-state index in [1.165, 1.54) is 0 Å². The molecule has 1 heterocycles. The van der Waals surface area contributed by atoms with Crippen molar-refractivity contribution >= 4 is 11.6 Å². The SMILES string of the molecule is Cc1ccc(NC(=O)CCc2nnc(C)o2)cc1. The monoisotopic (exact) mass is 245 g/mol. The van der Waals surface area contributed by atoms with Gasteiger partial charge in [-0.15, -0.1) is 10.2 Å². The quantitative estimate of drug-likeness (QED) is 0.897. The molecular weight excluding hydrogens is 230 g/mol. The molecule has 0 aliphatic heterocycles. The summed E-state index contributed by atoms with van der Waals surface area (Å²) < 4.78 is 5.20. The summed E-state index contributed by atoms with van der Waals surface area (Å²) in [5.74, 6) is 0.949. The molecule has 1 N–H and O–H groups in total. The summed E-state index contributed by atoms with van der Waals surface area (Å²) in [7, 11) is 0. The van der Waals surface area contributed by atoms with Crippen molar-refractivity contribution in [2.45, 2.75) is 26.7 Å². The van der Waals surface area contributed by atoms with Crippen molar-refractivity contribution in [1.29, 1.82) is 0 Å². The van der Waals surface area contributed by atoms with Gasteiger partial charge in [-0.05, 0) is 19.1 Å². The van der Waals surface area contributed by atoms with Crippen molar-refractivity contribution < 1.29 is 9.21 Å². The normalized spacial score (nSPS) is 10.3. The third-order valence-electron chi connectivity index (χ3n) is 2.47. The van der Waals surface area contributed by atoms with Gasteiger partial charge in [-0.2, -0.15) is 0 Å². The topological polar surface area (TPSA) is 68.0 Å². The Kier molecular flexibility index (Phi) is 3.72. The van der Waals surface area contributed by atoms with Crippen LogP contribution >= 0.6 is 0 Å². The molecule has 1 aromatic carbocycles. The number of benzene rings is 1. The second-order valence-corrected chi connectivity index (χ2v) is 4.13. The molecule has 0 radical (unpaired) electrons. The van der Waals surface area contributed by atoms with Gasteiger partial charge < -0.3 is 9.73 Å². The van der Waals surface area contributed by atoms with Gasteiger partial charge in [0.15, 0.2) is 0 Å². The highest BCUT2D eigenvalue weighted by atomic mass is 16.4. The number of rotatable bonds is 4. The van der Waals surface area contributed by atoms with Crippen molar-refractivity contribution in [2.24, 2.45) is 0 Å². The Morgan fingerprint density at radius 1 is 1.22 bits per heavy atom. The van der Waals surface area contributed by atoms with Crippen LogP contribution in [-0.2, 0) is 11.2 Å². The highest BCUT2D eigenvalue weighted by Crippen LogP contribution is 2.09. The third-order valence-corrected chi connectivity index (χ3v) is 2.47. The molecule has 0 saturated heterocycles. The maximum Gasteiger partial charge on any atom is 0.224 e. The first kappa shape index (κ1) is 12.3. The summed E-state index contributed by atoms with van der Waals surface area (Å²) in [5, 5.41) is 10.4. The fraction of sp³-hybridized carbons (Fsp3) is 0.308. The molecule has 1 aromatic heterocycles. The molecule has 5 heteroatoms. The number of nitrogens with zero attached hydrogens (tertiary/aromatic N) is 2. The van der Waals surface area contributed by atoms with Gasteiger partial charge in [-0.3, -0.25) is 4.79 Å². The molecule has 18 heavy (non-hydrogen) atoms. The third kappa shape index (κ3) is 3.41. The number of nitrogens with one attached hydrogen (secondary N) is 1. The van der Waals surface area contributed by atoms with E-state index in [-0.39, 0.29) is 5.91 Å². The Labute approximate surface area is 105 Å². The minimum absolute atomic E-state index is 0.0605. The van der Waals surface area contributed by atoms with Crippen LogP contribution in [0.1, 0.15) is 23.8 Å². The fourth-order valence-electron chi connectivity index (χ4n) is 1.52. The maximum absolute atomic E-state index is 11.7. The first-order chi connectivity index (χ1) is 8.63. The molecule has 0 aliphatic rings. The minimum atomic E-state index is -0.0605. The average Bonchev–Trinajstić information content (AvgIpc) is 2.76. The number of hydrogen-bond donors (Lipinski definition) is 1. The van der Waals surface area contributed by atoms with Crippen LogP contribution in [0.2, 0.25) is 0 Å². The van der Waals surface area contributed by atoms with Crippen LogP contribution in [0.15, 0.2) is 28.7 Å². The van der Waals surface area contributed by atoms with Crippen LogP contribution in [0.3, 0.4) is 0 Å². The Hall–Kier alpha value is -2.17. The number of anilines is 1. The van der Waals surface area contributed by atoms with Crippen LogP contribution < -0.4 is 5.32 Å². The van der Waals surface area contributed by atoms with Gasteiger partial charge in [0.1, 0.15) is 0 Å². The van der Waals surface area contributed by atoms with Gasteiger partial charge in [0, 0.05) is 25.5 Å². The van der Waals surface area contributed by atoms with Gasteiger partial charge in [0.25, 0.3) is 0 Å². The van der Waals surface area contributed by atoms with Gasteiger partial charge >= 0.3 is 0 Å². The number of carbonyl (C=O) groups is 1. The summed E-state index contributed by atoms with van der Waals surface area (Å²) in [5.41, 5.74) is 1.96. The lowest BCUT2D eigenvalue weighted by molar-refractivity contribution is -0.116. The van der Waals surface area contributed by atoms with Crippen LogP contribution in [0, 0.1) is 13.8 Å². The molecule has 2 rings (SSSR count). The summed E-state index contributed by atoms with van der Waals surface area (Å²) in [6.07, 6.45) is 0.786. The standard InChI is InChI=1S/C13H15N3O2/c1-9-3-5-11(6-4-9)14-12(17)7-8-13-16-15-10(2)18-13/h3-6H,7-8H2,1-2H3,(H,14,17). The molecule has 0 atom stereocenters. The number of aryl methyl sites for hydroxylation is 3. The predicted molar refractivity (Wildman–Crippen MR) is 67.2 cm³/mol. The second-order valence-electron chi connectivity index (χ2n) is 4.13. The van der Waals surface area contributed by atoms with E-state index in [4.69, 9.17) is 4.42 Å². The molecule has 94 valence electrons. The Morgan fingerprint density at radius 2 is 1.94 bits per heavy atom. The molecule has 1 amide bonds.